The Balaban J connectivity index is 1.99. The molecule has 2 aromatic carbocycles. The molecule has 0 bridgehead atoms. The fraction of sp³-hybridized carbons (Fsp3) is 0.316. The van der Waals surface area contributed by atoms with Crippen molar-refractivity contribution in [1.29, 1.82) is 0 Å². The maximum absolute atomic E-state index is 12.2. The van der Waals surface area contributed by atoms with Crippen molar-refractivity contribution in [2.24, 2.45) is 0 Å². The van der Waals surface area contributed by atoms with Gasteiger partial charge < -0.3 is 5.32 Å². The average molecular weight is 440 g/mol. The number of rotatable bonds is 9. The van der Waals surface area contributed by atoms with Crippen LogP contribution in [0.5, 0.6) is 0 Å². The van der Waals surface area contributed by atoms with E-state index in [2.05, 4.69) is 5.32 Å². The van der Waals surface area contributed by atoms with Crippen LogP contribution in [0.3, 0.4) is 0 Å². The van der Waals surface area contributed by atoms with Crippen LogP contribution in [-0.4, -0.2) is 32.0 Å². The first-order valence-corrected chi connectivity index (χ1v) is 11.0. The second-order valence-electron chi connectivity index (χ2n) is 6.57. The summed E-state index contributed by atoms with van der Waals surface area (Å²) in [5.74, 6) is -0.218. The standard InChI is InChI=1S/C19H22ClN3O5S/c1-14-5-10-17(23(25)26)12-18(14)22(29(2,27)28)11-3-4-19(24)21-13-15-6-8-16(20)9-7-15/h5-10,12H,3-4,11,13H2,1-2H3,(H,21,24). The molecule has 1 N–H and O–H groups in total. The fourth-order valence-corrected chi connectivity index (χ4v) is 3.86. The van der Waals surface area contributed by atoms with Crippen LogP contribution < -0.4 is 9.62 Å². The number of aryl methyl sites for hydroxylation is 1. The van der Waals surface area contributed by atoms with Crippen molar-refractivity contribution < 1.29 is 18.1 Å². The van der Waals surface area contributed by atoms with Gasteiger partial charge in [-0.05, 0) is 36.6 Å². The van der Waals surface area contributed by atoms with E-state index in [-0.39, 0.29) is 36.7 Å². The minimum atomic E-state index is -3.67. The molecule has 0 aliphatic heterocycles. The fourth-order valence-electron chi connectivity index (χ4n) is 2.72. The Labute approximate surface area is 174 Å². The molecule has 10 heteroatoms. The van der Waals surface area contributed by atoms with Crippen LogP contribution in [0.4, 0.5) is 11.4 Å². The van der Waals surface area contributed by atoms with Crippen LogP contribution in [0.15, 0.2) is 42.5 Å². The normalized spacial score (nSPS) is 11.1. The van der Waals surface area contributed by atoms with Crippen molar-refractivity contribution in [2.75, 3.05) is 17.1 Å². The summed E-state index contributed by atoms with van der Waals surface area (Å²) in [6.45, 7) is 2.06. The van der Waals surface area contributed by atoms with E-state index in [0.29, 0.717) is 17.1 Å². The van der Waals surface area contributed by atoms with Gasteiger partial charge in [-0.3, -0.25) is 19.2 Å². The number of nitro groups is 1. The van der Waals surface area contributed by atoms with Crippen molar-refractivity contribution in [3.05, 3.63) is 68.7 Å². The Morgan fingerprint density at radius 2 is 1.86 bits per heavy atom. The summed E-state index contributed by atoms with van der Waals surface area (Å²) in [7, 11) is -3.67. The Morgan fingerprint density at radius 3 is 2.45 bits per heavy atom. The zero-order valence-corrected chi connectivity index (χ0v) is 17.7. The molecular weight excluding hydrogens is 418 g/mol. The van der Waals surface area contributed by atoms with E-state index >= 15 is 0 Å². The van der Waals surface area contributed by atoms with Crippen molar-refractivity contribution in [3.63, 3.8) is 0 Å². The van der Waals surface area contributed by atoms with E-state index in [1.54, 1.807) is 31.2 Å². The molecule has 1 amide bonds. The molecule has 0 aromatic heterocycles. The van der Waals surface area contributed by atoms with Gasteiger partial charge in [0.1, 0.15) is 0 Å². The number of hydrogen-bond acceptors (Lipinski definition) is 5. The number of anilines is 1. The van der Waals surface area contributed by atoms with Crippen LogP contribution in [0.1, 0.15) is 24.0 Å². The molecule has 0 aliphatic rings. The third-order valence-electron chi connectivity index (χ3n) is 4.24. The Bertz CT molecular complexity index is 993. The molecule has 0 spiro atoms. The number of benzene rings is 2. The number of nitrogens with zero attached hydrogens (tertiary/aromatic N) is 2. The highest BCUT2D eigenvalue weighted by Crippen LogP contribution is 2.27. The van der Waals surface area contributed by atoms with Crippen molar-refractivity contribution >= 4 is 38.9 Å². The second kappa shape index (κ2) is 9.71. The highest BCUT2D eigenvalue weighted by molar-refractivity contribution is 7.92. The summed E-state index contributed by atoms with van der Waals surface area (Å²) in [5.41, 5.74) is 1.53. The Kier molecular flexibility index (Phi) is 7.58. The van der Waals surface area contributed by atoms with E-state index in [1.165, 1.54) is 18.2 Å². The monoisotopic (exact) mass is 439 g/mol. The number of sulfonamides is 1. The maximum Gasteiger partial charge on any atom is 0.271 e. The Morgan fingerprint density at radius 1 is 1.21 bits per heavy atom. The van der Waals surface area contributed by atoms with Gasteiger partial charge in [-0.25, -0.2) is 8.42 Å². The summed E-state index contributed by atoms with van der Waals surface area (Å²) < 4.78 is 25.5. The summed E-state index contributed by atoms with van der Waals surface area (Å²) in [6, 6.07) is 11.1. The number of nitrogens with one attached hydrogen (secondary N) is 1. The molecule has 0 heterocycles. The highest BCUT2D eigenvalue weighted by atomic mass is 35.5. The van der Waals surface area contributed by atoms with Crippen molar-refractivity contribution in [1.82, 2.24) is 5.32 Å². The number of non-ortho nitro benzene ring substituents is 1. The van der Waals surface area contributed by atoms with E-state index in [1.807, 2.05) is 0 Å². The van der Waals surface area contributed by atoms with Crippen LogP contribution in [0, 0.1) is 17.0 Å². The number of hydrogen-bond donors (Lipinski definition) is 1. The summed E-state index contributed by atoms with van der Waals surface area (Å²) in [6.07, 6.45) is 1.42. The third kappa shape index (κ3) is 6.72. The van der Waals surface area contributed by atoms with Gasteiger partial charge >= 0.3 is 0 Å². The molecule has 0 saturated carbocycles. The average Bonchev–Trinajstić information content (AvgIpc) is 2.64. The van der Waals surface area contributed by atoms with Gasteiger partial charge in [0.25, 0.3) is 5.69 Å². The van der Waals surface area contributed by atoms with Gasteiger partial charge in [0.15, 0.2) is 0 Å². The minimum Gasteiger partial charge on any atom is -0.352 e. The molecule has 0 aliphatic carbocycles. The molecule has 0 atom stereocenters. The first-order chi connectivity index (χ1) is 13.6. The van der Waals surface area contributed by atoms with Crippen LogP contribution in [-0.2, 0) is 21.4 Å². The number of carbonyl (C=O) groups is 1. The minimum absolute atomic E-state index is 0.0369. The summed E-state index contributed by atoms with van der Waals surface area (Å²) >= 11 is 5.82. The van der Waals surface area contributed by atoms with Crippen molar-refractivity contribution in [3.8, 4) is 0 Å². The molecule has 0 unspecified atom stereocenters. The van der Waals surface area contributed by atoms with Gasteiger partial charge in [-0.15, -0.1) is 0 Å². The first kappa shape index (κ1) is 22.6. The zero-order valence-electron chi connectivity index (χ0n) is 16.1. The second-order valence-corrected chi connectivity index (χ2v) is 8.91. The summed E-state index contributed by atoms with van der Waals surface area (Å²) in [5, 5.41) is 14.4. The molecule has 8 nitrogen and oxygen atoms in total. The lowest BCUT2D eigenvalue weighted by Gasteiger charge is -2.24. The Hall–Kier alpha value is -2.65. The van der Waals surface area contributed by atoms with Gasteiger partial charge in [-0.2, -0.15) is 0 Å². The van der Waals surface area contributed by atoms with Gasteiger partial charge in [0.05, 0.1) is 16.9 Å². The SMILES string of the molecule is Cc1ccc([N+](=O)[O-])cc1N(CCCC(=O)NCc1ccc(Cl)cc1)S(C)(=O)=O. The highest BCUT2D eigenvalue weighted by Gasteiger charge is 2.21. The molecule has 0 fully saturated rings. The van der Waals surface area contributed by atoms with E-state index < -0.39 is 14.9 Å². The smallest absolute Gasteiger partial charge is 0.271 e. The molecule has 0 radical (unpaired) electrons. The quantitative estimate of drug-likeness (QED) is 0.475. The van der Waals surface area contributed by atoms with Crippen LogP contribution in [0.25, 0.3) is 0 Å². The lowest BCUT2D eigenvalue weighted by molar-refractivity contribution is -0.384. The number of amides is 1. The molecule has 2 rings (SSSR count). The first-order valence-electron chi connectivity index (χ1n) is 8.82. The van der Waals surface area contributed by atoms with E-state index in [9.17, 15) is 23.3 Å². The molecule has 0 saturated heterocycles. The molecule has 156 valence electrons. The maximum atomic E-state index is 12.2. The number of nitro benzene ring substituents is 1. The van der Waals surface area contributed by atoms with E-state index in [0.717, 1.165) is 16.1 Å². The van der Waals surface area contributed by atoms with Gasteiger partial charge in [-0.1, -0.05) is 29.8 Å². The molecule has 29 heavy (non-hydrogen) atoms. The predicted molar refractivity (Wildman–Crippen MR) is 113 cm³/mol. The van der Waals surface area contributed by atoms with Gasteiger partial charge in [0, 0.05) is 36.7 Å². The van der Waals surface area contributed by atoms with Crippen LogP contribution in [0.2, 0.25) is 5.02 Å². The lowest BCUT2D eigenvalue weighted by Crippen LogP contribution is -2.32. The lowest BCUT2D eigenvalue weighted by atomic mass is 10.1. The molecule has 2 aromatic rings. The third-order valence-corrected chi connectivity index (χ3v) is 5.67. The summed E-state index contributed by atoms with van der Waals surface area (Å²) in [4.78, 5) is 22.5. The number of carbonyl (C=O) groups excluding carboxylic acids is 1. The van der Waals surface area contributed by atoms with E-state index in [4.69, 9.17) is 11.6 Å². The number of halogens is 1. The largest absolute Gasteiger partial charge is 0.352 e. The van der Waals surface area contributed by atoms with Crippen molar-refractivity contribution in [2.45, 2.75) is 26.3 Å². The predicted octanol–water partition coefficient (Wildman–Crippen LogP) is 3.42. The topological polar surface area (TPSA) is 110 Å². The van der Waals surface area contributed by atoms with Crippen LogP contribution >= 0.6 is 11.6 Å². The molecular formula is C19H22ClN3O5S. The van der Waals surface area contributed by atoms with Gasteiger partial charge in [0.2, 0.25) is 15.9 Å². The zero-order chi connectivity index (χ0) is 21.6.